The Bertz CT molecular complexity index is 1130. The first-order valence-corrected chi connectivity index (χ1v) is 18.7. The highest BCUT2D eigenvalue weighted by Gasteiger charge is 2.53. The van der Waals surface area contributed by atoms with Gasteiger partial charge in [0.05, 0.1) is 47.6 Å². The molecule has 7 N–H and O–H groups in total. The Hall–Kier alpha value is -1.01. The minimum atomic E-state index is -1.85. The number of esters is 1. The quantitative estimate of drug-likeness (QED) is 0.206. The van der Waals surface area contributed by atoms with Gasteiger partial charge in [0, 0.05) is 37.5 Å². The van der Waals surface area contributed by atoms with Gasteiger partial charge in [-0.25, -0.2) is 0 Å². The predicted molar refractivity (Wildman–Crippen MR) is 189 cm³/mol. The van der Waals surface area contributed by atoms with E-state index in [1.54, 1.807) is 48.5 Å². The van der Waals surface area contributed by atoms with E-state index < -0.39 is 108 Å². The SMILES string of the molecule is CC[C@H]1OC(=O)[C@H](C)[C@@H](O[C@H]2C[C@@](C)(OC)[C@@H](O)[C@H](C)O2)[C@H](C)[C@@H](O[C@@H]2O[C@H](C)C[C@H](N(C)C)[C@H]2O)C(C)(O)C[C@@H](C)[C@H](N)[C@H](C)[C@@H](O)[C@]1(C)O. The summed E-state index contributed by atoms with van der Waals surface area (Å²) in [4.78, 5) is 16.0. The molecular weight excluding hydrogens is 664 g/mol. The van der Waals surface area contributed by atoms with Crippen LogP contribution in [0.25, 0.3) is 0 Å². The summed E-state index contributed by atoms with van der Waals surface area (Å²) in [6, 6.07) is -0.983. The van der Waals surface area contributed by atoms with Gasteiger partial charge in [-0.05, 0) is 80.8 Å². The van der Waals surface area contributed by atoms with Gasteiger partial charge in [0.2, 0.25) is 0 Å². The zero-order valence-electron chi connectivity index (χ0n) is 33.2. The summed E-state index contributed by atoms with van der Waals surface area (Å²) in [5, 5.41) is 58.0. The lowest BCUT2D eigenvalue weighted by atomic mass is 9.72. The van der Waals surface area contributed by atoms with Gasteiger partial charge in [0.15, 0.2) is 12.6 Å². The number of carbonyl (C=O) groups excluding carboxylic acids is 1. The second kappa shape index (κ2) is 17.2. The van der Waals surface area contributed by atoms with Gasteiger partial charge in [-0.1, -0.05) is 27.7 Å². The van der Waals surface area contributed by atoms with Gasteiger partial charge in [0.25, 0.3) is 0 Å². The molecule has 0 spiro atoms. The fourth-order valence-electron chi connectivity index (χ4n) is 8.63. The number of ether oxygens (including phenoxy) is 6. The molecule has 1 unspecified atom stereocenters. The van der Waals surface area contributed by atoms with E-state index in [4.69, 9.17) is 34.2 Å². The first kappa shape index (κ1) is 44.4. The molecule has 3 fully saturated rings. The van der Waals surface area contributed by atoms with Gasteiger partial charge in [-0.3, -0.25) is 4.79 Å². The van der Waals surface area contributed by atoms with Crippen molar-refractivity contribution in [1.29, 1.82) is 0 Å². The van der Waals surface area contributed by atoms with Crippen LogP contribution in [0.3, 0.4) is 0 Å². The van der Waals surface area contributed by atoms with Gasteiger partial charge in [-0.2, -0.15) is 0 Å². The Kier molecular flexibility index (Phi) is 15.0. The number of cyclic esters (lactones) is 1. The maximum Gasteiger partial charge on any atom is 0.311 e. The number of nitrogens with zero attached hydrogens (tertiary/aromatic N) is 1. The van der Waals surface area contributed by atoms with Gasteiger partial charge < -0.3 is 64.6 Å². The van der Waals surface area contributed by atoms with Crippen LogP contribution in [0, 0.1) is 23.7 Å². The van der Waals surface area contributed by atoms with Gasteiger partial charge in [-0.15, -0.1) is 0 Å². The number of nitrogens with two attached hydrogens (primary N) is 1. The third-order valence-corrected chi connectivity index (χ3v) is 12.2. The molecule has 19 atom stereocenters. The second-order valence-corrected chi connectivity index (χ2v) is 16.8. The lowest BCUT2D eigenvalue weighted by Gasteiger charge is -2.49. The lowest BCUT2D eigenvalue weighted by molar-refractivity contribution is -0.318. The Morgan fingerprint density at radius 2 is 1.53 bits per heavy atom. The van der Waals surface area contributed by atoms with E-state index >= 15 is 0 Å². The largest absolute Gasteiger partial charge is 0.459 e. The second-order valence-electron chi connectivity index (χ2n) is 16.8. The van der Waals surface area contributed by atoms with Crippen LogP contribution >= 0.6 is 0 Å². The van der Waals surface area contributed by atoms with Crippen LogP contribution in [-0.4, -0.2) is 148 Å². The number of aliphatic hydroxyl groups is 5. The molecule has 3 aliphatic heterocycles. The Morgan fingerprint density at radius 1 is 0.922 bits per heavy atom. The van der Waals surface area contributed by atoms with Crippen molar-refractivity contribution in [3.8, 4) is 0 Å². The summed E-state index contributed by atoms with van der Waals surface area (Å²) in [5.74, 6) is -3.57. The highest BCUT2D eigenvalue weighted by Crippen LogP contribution is 2.41. The van der Waals surface area contributed by atoms with Crippen LogP contribution < -0.4 is 5.73 Å². The molecule has 0 aromatic carbocycles. The smallest absolute Gasteiger partial charge is 0.311 e. The van der Waals surface area contributed by atoms with E-state index in [9.17, 15) is 30.3 Å². The lowest BCUT2D eigenvalue weighted by Crippen LogP contribution is -2.62. The van der Waals surface area contributed by atoms with Crippen LogP contribution in [0.2, 0.25) is 0 Å². The fraction of sp³-hybridized carbons (Fsp3) is 0.973. The zero-order chi connectivity index (χ0) is 39.0. The minimum absolute atomic E-state index is 0.0888. The number of aliphatic hydroxyl groups excluding tert-OH is 3. The van der Waals surface area contributed by atoms with Crippen molar-refractivity contribution in [2.75, 3.05) is 21.2 Å². The molecule has 0 saturated carbocycles. The van der Waals surface area contributed by atoms with Crippen LogP contribution in [0.1, 0.15) is 94.9 Å². The normalized spacial score (nSPS) is 51.2. The summed E-state index contributed by atoms with van der Waals surface area (Å²) >= 11 is 0. The number of hydrogen-bond acceptors (Lipinski definition) is 14. The molecule has 14 nitrogen and oxygen atoms in total. The molecule has 0 bridgehead atoms. The third kappa shape index (κ3) is 9.63. The third-order valence-electron chi connectivity index (χ3n) is 12.2. The highest BCUT2D eigenvalue weighted by atomic mass is 16.7. The van der Waals surface area contributed by atoms with Crippen molar-refractivity contribution in [2.24, 2.45) is 29.4 Å². The van der Waals surface area contributed by atoms with Crippen molar-refractivity contribution >= 4 is 5.97 Å². The number of hydrogen-bond donors (Lipinski definition) is 6. The number of carbonyl (C=O) groups is 1. The summed E-state index contributed by atoms with van der Waals surface area (Å²) < 4.78 is 37.3. The summed E-state index contributed by atoms with van der Waals surface area (Å²) in [5.41, 5.74) is 2.20. The van der Waals surface area contributed by atoms with Crippen LogP contribution in [0.5, 0.6) is 0 Å². The topological polar surface area (TPSA) is 203 Å². The van der Waals surface area contributed by atoms with E-state index in [0.717, 1.165) is 0 Å². The summed E-state index contributed by atoms with van der Waals surface area (Å²) in [6.07, 6.45) is -8.68. The maximum atomic E-state index is 14.1. The van der Waals surface area contributed by atoms with Crippen molar-refractivity contribution in [2.45, 2.75) is 185 Å². The monoisotopic (exact) mass is 734 g/mol. The molecule has 3 saturated heterocycles. The number of rotatable bonds is 7. The molecular formula is C37H70N2O12. The standard InChI is InChI=1S/C37H70N2O12/c1-14-25-37(10,45)30(41)20(4)27(38)18(2)16-35(8,44)32(51-34-28(40)24(39(11)12)15-19(3)47-34)21(5)29(22(6)33(43)49-25)50-26-17-36(9,46-13)31(42)23(7)48-26/h18-32,34,40-42,44-45H,14-17,38H2,1-13H3/t18-,19-,20+,21+,22-,23+,24+,25-,26+,27+,28-,29+,30-,31+,32-,34+,35?,36-,37-/m1/s1. The van der Waals surface area contributed by atoms with E-state index in [-0.39, 0.29) is 31.4 Å². The van der Waals surface area contributed by atoms with E-state index in [1.807, 2.05) is 32.8 Å². The van der Waals surface area contributed by atoms with Crippen molar-refractivity contribution in [3.05, 3.63) is 0 Å². The molecule has 0 aromatic heterocycles. The Labute approximate surface area is 305 Å². The van der Waals surface area contributed by atoms with Crippen LogP contribution in [0.4, 0.5) is 0 Å². The predicted octanol–water partition coefficient (Wildman–Crippen LogP) is 1.54. The fourth-order valence-corrected chi connectivity index (χ4v) is 8.63. The van der Waals surface area contributed by atoms with Crippen LogP contribution in [0.15, 0.2) is 0 Å². The van der Waals surface area contributed by atoms with Crippen molar-refractivity contribution in [3.63, 3.8) is 0 Å². The summed E-state index contributed by atoms with van der Waals surface area (Å²) in [7, 11) is 5.24. The van der Waals surface area contributed by atoms with E-state index in [0.29, 0.717) is 6.42 Å². The van der Waals surface area contributed by atoms with Crippen LogP contribution in [-0.2, 0) is 33.2 Å². The molecule has 300 valence electrons. The minimum Gasteiger partial charge on any atom is -0.459 e. The van der Waals surface area contributed by atoms with Crippen molar-refractivity contribution < 1.29 is 58.7 Å². The van der Waals surface area contributed by atoms with E-state index in [2.05, 4.69) is 0 Å². The number of methoxy groups -OCH3 is 1. The Balaban J connectivity index is 2.18. The average molecular weight is 735 g/mol. The molecule has 0 aliphatic carbocycles. The molecule has 0 aromatic rings. The number of likely N-dealkylation sites (N-methyl/N-ethyl adjacent to an activating group) is 1. The van der Waals surface area contributed by atoms with Crippen molar-refractivity contribution in [1.82, 2.24) is 4.90 Å². The first-order valence-electron chi connectivity index (χ1n) is 18.7. The molecule has 0 radical (unpaired) electrons. The zero-order valence-corrected chi connectivity index (χ0v) is 33.2. The molecule has 3 aliphatic rings. The highest BCUT2D eigenvalue weighted by molar-refractivity contribution is 5.73. The first-order chi connectivity index (χ1) is 23.4. The Morgan fingerprint density at radius 3 is 2.08 bits per heavy atom. The summed E-state index contributed by atoms with van der Waals surface area (Å²) in [6.45, 7) is 17.2. The molecule has 14 heteroatoms. The molecule has 0 amide bonds. The average Bonchev–Trinajstić information content (AvgIpc) is 3.05. The molecule has 3 rings (SSSR count). The molecule has 3 heterocycles. The van der Waals surface area contributed by atoms with E-state index in [1.165, 1.54) is 14.0 Å². The maximum absolute atomic E-state index is 14.1. The molecule has 51 heavy (non-hydrogen) atoms. The van der Waals surface area contributed by atoms with Gasteiger partial charge in [0.1, 0.15) is 23.9 Å². The van der Waals surface area contributed by atoms with Gasteiger partial charge >= 0.3 is 5.97 Å².